The fraction of sp³-hybridized carbons (Fsp3) is 0.571. The lowest BCUT2D eigenvalue weighted by atomic mass is 10.1. The zero-order valence-corrected chi connectivity index (χ0v) is 18.5. The molecule has 0 aliphatic heterocycles. The lowest BCUT2D eigenvalue weighted by Gasteiger charge is -2.28. The van der Waals surface area contributed by atoms with Gasteiger partial charge in [-0.3, -0.25) is 14.5 Å². The summed E-state index contributed by atoms with van der Waals surface area (Å²) in [6.45, 7) is 9.28. The molecule has 3 N–H and O–H groups in total. The second-order valence-corrected chi connectivity index (χ2v) is 8.04. The van der Waals surface area contributed by atoms with Gasteiger partial charge in [0.25, 0.3) is 0 Å². The van der Waals surface area contributed by atoms with E-state index < -0.39 is 29.7 Å². The summed E-state index contributed by atoms with van der Waals surface area (Å²) in [5.41, 5.74) is 1.11. The van der Waals surface area contributed by atoms with Crippen molar-refractivity contribution in [3.63, 3.8) is 0 Å². The summed E-state index contributed by atoms with van der Waals surface area (Å²) in [7, 11) is 3.37. The van der Waals surface area contributed by atoms with Gasteiger partial charge in [-0.2, -0.15) is 0 Å². The van der Waals surface area contributed by atoms with Gasteiger partial charge >= 0.3 is 6.09 Å². The van der Waals surface area contributed by atoms with Crippen molar-refractivity contribution in [2.45, 2.75) is 58.7 Å². The molecule has 0 unspecified atom stereocenters. The van der Waals surface area contributed by atoms with Crippen LogP contribution in [-0.2, 0) is 20.7 Å². The second-order valence-electron chi connectivity index (χ2n) is 8.04. The van der Waals surface area contributed by atoms with Gasteiger partial charge in [-0.05, 0) is 72.3 Å². The number of benzene rings is 1. The number of amides is 3. The number of carbonyl (C=O) groups excluding carboxylic acids is 3. The SMILES string of the molecule is CNCCc1cccc(NC(=O)[C@H](C)NC(=O)[C@H](C)N(C)C(=O)OC(C)(C)C)c1. The molecule has 0 fully saturated rings. The van der Waals surface area contributed by atoms with Crippen molar-refractivity contribution < 1.29 is 19.1 Å². The predicted octanol–water partition coefficient (Wildman–Crippen LogP) is 2.15. The molecule has 0 aromatic heterocycles. The number of anilines is 1. The van der Waals surface area contributed by atoms with Gasteiger partial charge in [-0.15, -0.1) is 0 Å². The highest BCUT2D eigenvalue weighted by Crippen LogP contribution is 2.12. The molecule has 0 spiro atoms. The molecule has 0 radical (unpaired) electrons. The fourth-order valence-corrected chi connectivity index (χ4v) is 2.39. The Hall–Kier alpha value is -2.61. The number of carbonyl (C=O) groups is 3. The standard InChI is InChI=1S/C21H34N4O4/c1-14(18(26)24-17-10-8-9-16(13-17)11-12-22-6)23-19(27)15(2)25(7)20(28)29-21(3,4)5/h8-10,13-15,22H,11-12H2,1-7H3,(H,23,27)(H,24,26)/t14-,15-/m0/s1. The van der Waals surface area contributed by atoms with Crippen molar-refractivity contribution in [1.82, 2.24) is 15.5 Å². The van der Waals surface area contributed by atoms with Crippen molar-refractivity contribution in [2.75, 3.05) is 26.0 Å². The molecular weight excluding hydrogens is 372 g/mol. The van der Waals surface area contributed by atoms with Crippen LogP contribution in [0.2, 0.25) is 0 Å². The van der Waals surface area contributed by atoms with Crippen molar-refractivity contribution in [3.8, 4) is 0 Å². The van der Waals surface area contributed by atoms with Crippen molar-refractivity contribution in [1.29, 1.82) is 0 Å². The topological polar surface area (TPSA) is 99.8 Å². The monoisotopic (exact) mass is 406 g/mol. The second kappa shape index (κ2) is 10.8. The van der Waals surface area contributed by atoms with Crippen LogP contribution in [0.4, 0.5) is 10.5 Å². The maximum atomic E-state index is 12.4. The highest BCUT2D eigenvalue weighted by molar-refractivity contribution is 5.97. The number of likely N-dealkylation sites (N-methyl/N-ethyl adjacent to an activating group) is 2. The summed E-state index contributed by atoms with van der Waals surface area (Å²) in [5, 5.41) is 8.53. The van der Waals surface area contributed by atoms with E-state index in [2.05, 4.69) is 16.0 Å². The minimum Gasteiger partial charge on any atom is -0.444 e. The van der Waals surface area contributed by atoms with Gasteiger partial charge < -0.3 is 20.7 Å². The number of nitrogens with one attached hydrogen (secondary N) is 3. The summed E-state index contributed by atoms with van der Waals surface area (Å²) in [6, 6.07) is 6.02. The van der Waals surface area contributed by atoms with E-state index in [1.54, 1.807) is 40.7 Å². The average Bonchev–Trinajstić information content (AvgIpc) is 2.63. The van der Waals surface area contributed by atoms with Crippen LogP contribution in [0.5, 0.6) is 0 Å². The molecule has 3 amide bonds. The third-order valence-electron chi connectivity index (χ3n) is 4.25. The number of rotatable bonds is 8. The van der Waals surface area contributed by atoms with Gasteiger partial charge in [-0.25, -0.2) is 4.79 Å². The average molecular weight is 407 g/mol. The smallest absolute Gasteiger partial charge is 0.410 e. The van der Waals surface area contributed by atoms with Crippen LogP contribution < -0.4 is 16.0 Å². The predicted molar refractivity (Wildman–Crippen MR) is 114 cm³/mol. The Labute approximate surface area is 173 Å². The molecule has 2 atom stereocenters. The summed E-state index contributed by atoms with van der Waals surface area (Å²) in [5.74, 6) is -0.778. The summed E-state index contributed by atoms with van der Waals surface area (Å²) in [6.07, 6.45) is 0.247. The molecule has 162 valence electrons. The van der Waals surface area contributed by atoms with Crippen LogP contribution in [0.1, 0.15) is 40.2 Å². The van der Waals surface area contributed by atoms with Gasteiger partial charge in [0.2, 0.25) is 11.8 Å². The number of hydrogen-bond donors (Lipinski definition) is 3. The molecule has 0 aliphatic rings. The highest BCUT2D eigenvalue weighted by atomic mass is 16.6. The van der Waals surface area contributed by atoms with E-state index in [4.69, 9.17) is 4.74 Å². The Kier molecular flexibility index (Phi) is 9.10. The normalized spacial score (nSPS) is 13.2. The Morgan fingerprint density at radius 1 is 1.14 bits per heavy atom. The van der Waals surface area contributed by atoms with Crippen LogP contribution in [0, 0.1) is 0 Å². The van der Waals surface area contributed by atoms with Crippen LogP contribution in [0.3, 0.4) is 0 Å². The largest absolute Gasteiger partial charge is 0.444 e. The molecule has 29 heavy (non-hydrogen) atoms. The zero-order valence-electron chi connectivity index (χ0n) is 18.5. The van der Waals surface area contributed by atoms with E-state index in [1.807, 2.05) is 25.2 Å². The first-order valence-corrected chi connectivity index (χ1v) is 9.75. The molecule has 1 aromatic carbocycles. The molecule has 1 aromatic rings. The molecule has 0 saturated carbocycles. The van der Waals surface area contributed by atoms with Gasteiger partial charge in [-0.1, -0.05) is 12.1 Å². The number of nitrogens with zero attached hydrogens (tertiary/aromatic N) is 1. The summed E-state index contributed by atoms with van der Waals surface area (Å²) >= 11 is 0. The minimum atomic E-state index is -0.787. The van der Waals surface area contributed by atoms with Crippen molar-refractivity contribution in [3.05, 3.63) is 29.8 Å². The maximum Gasteiger partial charge on any atom is 0.410 e. The minimum absolute atomic E-state index is 0.337. The zero-order chi connectivity index (χ0) is 22.2. The van der Waals surface area contributed by atoms with Gasteiger partial charge in [0.1, 0.15) is 17.7 Å². The molecule has 0 bridgehead atoms. The van der Waals surface area contributed by atoms with Crippen LogP contribution in [-0.4, -0.2) is 61.1 Å². The molecule has 1 rings (SSSR count). The molecular formula is C21H34N4O4. The maximum absolute atomic E-state index is 12.4. The third-order valence-corrected chi connectivity index (χ3v) is 4.25. The quantitative estimate of drug-likeness (QED) is 0.614. The highest BCUT2D eigenvalue weighted by Gasteiger charge is 2.28. The van der Waals surface area contributed by atoms with Crippen molar-refractivity contribution >= 4 is 23.6 Å². The van der Waals surface area contributed by atoms with Crippen molar-refractivity contribution in [2.24, 2.45) is 0 Å². The van der Waals surface area contributed by atoms with E-state index in [0.29, 0.717) is 5.69 Å². The van der Waals surface area contributed by atoms with Gasteiger partial charge in [0.05, 0.1) is 0 Å². The number of hydrogen-bond acceptors (Lipinski definition) is 5. The van der Waals surface area contributed by atoms with E-state index >= 15 is 0 Å². The Morgan fingerprint density at radius 3 is 2.38 bits per heavy atom. The number of ether oxygens (including phenoxy) is 1. The van der Waals surface area contributed by atoms with Crippen LogP contribution in [0.25, 0.3) is 0 Å². The summed E-state index contributed by atoms with van der Waals surface area (Å²) < 4.78 is 5.26. The lowest BCUT2D eigenvalue weighted by Crippen LogP contribution is -2.51. The van der Waals surface area contributed by atoms with E-state index in [9.17, 15) is 14.4 Å². The first kappa shape index (κ1) is 24.4. The van der Waals surface area contributed by atoms with E-state index in [0.717, 1.165) is 18.5 Å². The fourth-order valence-electron chi connectivity index (χ4n) is 2.39. The molecule has 0 saturated heterocycles. The van der Waals surface area contributed by atoms with E-state index in [-0.39, 0.29) is 5.91 Å². The van der Waals surface area contributed by atoms with Gasteiger partial charge in [0.15, 0.2) is 0 Å². The Morgan fingerprint density at radius 2 is 1.79 bits per heavy atom. The van der Waals surface area contributed by atoms with Crippen LogP contribution in [0.15, 0.2) is 24.3 Å². The van der Waals surface area contributed by atoms with Crippen LogP contribution >= 0.6 is 0 Å². The summed E-state index contributed by atoms with van der Waals surface area (Å²) in [4.78, 5) is 38.2. The lowest BCUT2D eigenvalue weighted by molar-refractivity contribution is -0.129. The molecule has 0 aliphatic carbocycles. The third kappa shape index (κ3) is 8.51. The molecule has 8 nitrogen and oxygen atoms in total. The Balaban J connectivity index is 2.63. The Bertz CT molecular complexity index is 715. The van der Waals surface area contributed by atoms with E-state index in [1.165, 1.54) is 11.9 Å². The van der Waals surface area contributed by atoms with Gasteiger partial charge in [0, 0.05) is 12.7 Å². The molecule has 0 heterocycles. The first-order chi connectivity index (χ1) is 13.4. The molecule has 8 heteroatoms. The first-order valence-electron chi connectivity index (χ1n) is 9.75.